The first-order valence-corrected chi connectivity index (χ1v) is 7.62. The Morgan fingerprint density at radius 2 is 2.00 bits per heavy atom. The van der Waals surface area contributed by atoms with E-state index in [9.17, 15) is 14.7 Å². The van der Waals surface area contributed by atoms with Crippen molar-refractivity contribution < 1.29 is 14.7 Å². The molecule has 5 heteroatoms. The summed E-state index contributed by atoms with van der Waals surface area (Å²) in [7, 11) is 0. The molecule has 0 aliphatic rings. The summed E-state index contributed by atoms with van der Waals surface area (Å²) in [5.41, 5.74) is -0.926. The third kappa shape index (κ3) is 5.06. The molecule has 1 rings (SSSR count). The number of rotatable bonds is 7. The van der Waals surface area contributed by atoms with E-state index in [1.807, 2.05) is 26.8 Å². The summed E-state index contributed by atoms with van der Waals surface area (Å²) < 4.78 is 0. The maximum atomic E-state index is 11.9. The molecular formula is C15H23NO3S. The van der Waals surface area contributed by atoms with Crippen molar-refractivity contribution in [2.75, 3.05) is 6.54 Å². The number of carbonyl (C=O) groups is 2. The minimum atomic E-state index is -0.926. The number of ketones is 1. The van der Waals surface area contributed by atoms with Gasteiger partial charge in [0.1, 0.15) is 0 Å². The lowest BCUT2D eigenvalue weighted by Crippen LogP contribution is -2.44. The highest BCUT2D eigenvalue weighted by Gasteiger charge is 2.25. The largest absolute Gasteiger partial charge is 0.388 e. The SMILES string of the molecule is Cc1ccc(C(=O)CCC(=O)NCC(C)(O)C(C)C)s1. The average Bonchev–Trinajstić information content (AvgIpc) is 2.80. The molecule has 2 N–H and O–H groups in total. The van der Waals surface area contributed by atoms with Crippen LogP contribution in [0.3, 0.4) is 0 Å². The summed E-state index contributed by atoms with van der Waals surface area (Å²) >= 11 is 1.45. The number of thiophene rings is 1. The Morgan fingerprint density at radius 3 is 2.50 bits per heavy atom. The zero-order valence-corrected chi connectivity index (χ0v) is 13.3. The van der Waals surface area contributed by atoms with Gasteiger partial charge in [0.15, 0.2) is 5.78 Å². The van der Waals surface area contributed by atoms with Gasteiger partial charge in [0, 0.05) is 24.3 Å². The second kappa shape index (κ2) is 6.99. The smallest absolute Gasteiger partial charge is 0.220 e. The van der Waals surface area contributed by atoms with Crippen molar-refractivity contribution >= 4 is 23.0 Å². The Bertz CT molecular complexity index is 477. The predicted octanol–water partition coefficient (Wildman–Crippen LogP) is 2.54. The van der Waals surface area contributed by atoms with Crippen molar-refractivity contribution in [2.24, 2.45) is 5.92 Å². The van der Waals surface area contributed by atoms with E-state index >= 15 is 0 Å². The molecule has 20 heavy (non-hydrogen) atoms. The quantitative estimate of drug-likeness (QED) is 0.760. The van der Waals surface area contributed by atoms with Crippen molar-refractivity contribution in [3.63, 3.8) is 0 Å². The van der Waals surface area contributed by atoms with Gasteiger partial charge in [-0.2, -0.15) is 0 Å². The van der Waals surface area contributed by atoms with E-state index < -0.39 is 5.60 Å². The Morgan fingerprint density at radius 1 is 1.35 bits per heavy atom. The molecule has 1 amide bonds. The Balaban J connectivity index is 2.35. The van der Waals surface area contributed by atoms with Crippen LogP contribution < -0.4 is 5.32 Å². The van der Waals surface area contributed by atoms with E-state index in [1.165, 1.54) is 11.3 Å². The lowest BCUT2D eigenvalue weighted by Gasteiger charge is -2.27. The number of nitrogens with one attached hydrogen (secondary N) is 1. The lowest BCUT2D eigenvalue weighted by atomic mass is 9.92. The molecule has 1 unspecified atom stereocenters. The lowest BCUT2D eigenvalue weighted by molar-refractivity contribution is -0.122. The molecule has 0 spiro atoms. The first-order valence-electron chi connectivity index (χ1n) is 6.81. The molecule has 0 aliphatic heterocycles. The number of amides is 1. The van der Waals surface area contributed by atoms with Gasteiger partial charge in [0.2, 0.25) is 5.91 Å². The van der Waals surface area contributed by atoms with Crippen molar-refractivity contribution in [3.05, 3.63) is 21.9 Å². The van der Waals surface area contributed by atoms with Crippen LogP contribution in [-0.4, -0.2) is 28.9 Å². The first-order chi connectivity index (χ1) is 9.22. The van der Waals surface area contributed by atoms with Gasteiger partial charge in [-0.15, -0.1) is 11.3 Å². The van der Waals surface area contributed by atoms with Gasteiger partial charge in [-0.1, -0.05) is 13.8 Å². The molecule has 0 saturated carbocycles. The maximum absolute atomic E-state index is 11.9. The Hall–Kier alpha value is -1.20. The Kier molecular flexibility index (Phi) is 5.89. The highest BCUT2D eigenvalue weighted by atomic mass is 32.1. The van der Waals surface area contributed by atoms with Crippen LogP contribution >= 0.6 is 11.3 Å². The van der Waals surface area contributed by atoms with Gasteiger partial charge in [0.05, 0.1) is 10.5 Å². The van der Waals surface area contributed by atoms with E-state index in [4.69, 9.17) is 0 Å². The number of hydrogen-bond acceptors (Lipinski definition) is 4. The van der Waals surface area contributed by atoms with E-state index in [1.54, 1.807) is 13.0 Å². The van der Waals surface area contributed by atoms with Gasteiger partial charge >= 0.3 is 0 Å². The number of aryl methyl sites for hydroxylation is 1. The van der Waals surface area contributed by atoms with E-state index in [2.05, 4.69) is 5.32 Å². The summed E-state index contributed by atoms with van der Waals surface area (Å²) in [5, 5.41) is 12.7. The van der Waals surface area contributed by atoms with Crippen LogP contribution in [0.1, 0.15) is 48.2 Å². The third-order valence-electron chi connectivity index (χ3n) is 3.48. The molecule has 1 aromatic heterocycles. The monoisotopic (exact) mass is 297 g/mol. The highest BCUT2D eigenvalue weighted by Crippen LogP contribution is 2.18. The van der Waals surface area contributed by atoms with Crippen LogP contribution in [0.5, 0.6) is 0 Å². The minimum Gasteiger partial charge on any atom is -0.388 e. The van der Waals surface area contributed by atoms with Crippen LogP contribution in [0.4, 0.5) is 0 Å². The second-order valence-corrected chi connectivity index (χ2v) is 6.91. The van der Waals surface area contributed by atoms with E-state index in [0.29, 0.717) is 4.88 Å². The third-order valence-corrected chi connectivity index (χ3v) is 4.52. The normalized spacial score (nSPS) is 14.1. The van der Waals surface area contributed by atoms with Crippen molar-refractivity contribution in [2.45, 2.75) is 46.1 Å². The van der Waals surface area contributed by atoms with Gasteiger partial charge < -0.3 is 10.4 Å². The van der Waals surface area contributed by atoms with Crippen LogP contribution in [0.15, 0.2) is 12.1 Å². The van der Waals surface area contributed by atoms with Gasteiger partial charge in [0.25, 0.3) is 0 Å². The Labute approximate surface area is 124 Å². The van der Waals surface area contributed by atoms with E-state index in [0.717, 1.165) is 4.88 Å². The maximum Gasteiger partial charge on any atom is 0.220 e. The molecule has 0 bridgehead atoms. The molecule has 0 aliphatic carbocycles. The standard InChI is InChI=1S/C15H23NO3S/c1-10(2)15(4,19)9-16-14(18)8-6-12(17)13-7-5-11(3)20-13/h5,7,10,19H,6,8-9H2,1-4H3,(H,16,18). The molecule has 0 saturated heterocycles. The zero-order chi connectivity index (χ0) is 15.3. The molecule has 1 atom stereocenters. The fourth-order valence-corrected chi connectivity index (χ4v) is 2.34. The molecule has 0 aromatic carbocycles. The molecule has 1 aromatic rings. The molecular weight excluding hydrogens is 274 g/mol. The molecule has 4 nitrogen and oxygen atoms in total. The summed E-state index contributed by atoms with van der Waals surface area (Å²) in [6.45, 7) is 7.64. The minimum absolute atomic E-state index is 0.00568. The topological polar surface area (TPSA) is 66.4 Å². The van der Waals surface area contributed by atoms with Gasteiger partial charge in [-0.25, -0.2) is 0 Å². The first kappa shape index (κ1) is 16.9. The van der Waals surface area contributed by atoms with Crippen molar-refractivity contribution in [1.82, 2.24) is 5.32 Å². The number of Topliss-reactive ketones (excluding diaryl/α,β-unsaturated/α-hetero) is 1. The van der Waals surface area contributed by atoms with Crippen LogP contribution in [-0.2, 0) is 4.79 Å². The van der Waals surface area contributed by atoms with E-state index in [-0.39, 0.29) is 37.0 Å². The number of carbonyl (C=O) groups excluding carboxylic acids is 2. The van der Waals surface area contributed by atoms with Crippen molar-refractivity contribution in [3.8, 4) is 0 Å². The summed E-state index contributed by atoms with van der Waals surface area (Å²) in [4.78, 5) is 25.3. The van der Waals surface area contributed by atoms with Gasteiger partial charge in [-0.3, -0.25) is 9.59 Å². The van der Waals surface area contributed by atoms with Crippen molar-refractivity contribution in [1.29, 1.82) is 0 Å². The number of hydrogen-bond donors (Lipinski definition) is 2. The summed E-state index contributed by atoms with van der Waals surface area (Å²) in [6, 6.07) is 3.70. The summed E-state index contributed by atoms with van der Waals surface area (Å²) in [5.74, 6) is -0.153. The zero-order valence-electron chi connectivity index (χ0n) is 12.5. The van der Waals surface area contributed by atoms with Crippen LogP contribution in [0.25, 0.3) is 0 Å². The molecule has 112 valence electrons. The molecule has 1 heterocycles. The predicted molar refractivity (Wildman–Crippen MR) is 81.1 cm³/mol. The second-order valence-electron chi connectivity index (χ2n) is 5.62. The van der Waals surface area contributed by atoms with Crippen LogP contribution in [0.2, 0.25) is 0 Å². The molecule has 0 radical (unpaired) electrons. The molecule has 0 fully saturated rings. The number of aliphatic hydroxyl groups is 1. The fourth-order valence-electron chi connectivity index (χ4n) is 1.50. The van der Waals surface area contributed by atoms with Gasteiger partial charge in [-0.05, 0) is 31.9 Å². The fraction of sp³-hybridized carbons (Fsp3) is 0.600. The average molecular weight is 297 g/mol. The summed E-state index contributed by atoms with van der Waals surface area (Å²) in [6.07, 6.45) is 0.361. The van der Waals surface area contributed by atoms with Crippen LogP contribution in [0, 0.1) is 12.8 Å². The highest BCUT2D eigenvalue weighted by molar-refractivity contribution is 7.14.